The fourth-order valence-corrected chi connectivity index (χ4v) is 5.07. The van der Waals surface area contributed by atoms with Gasteiger partial charge in [0.2, 0.25) is 5.95 Å². The van der Waals surface area contributed by atoms with Gasteiger partial charge in [0.1, 0.15) is 0 Å². The first-order valence-corrected chi connectivity index (χ1v) is 12.1. The monoisotopic (exact) mass is 428 g/mol. The molecule has 0 spiro atoms. The van der Waals surface area contributed by atoms with Crippen molar-refractivity contribution in [2.75, 3.05) is 17.7 Å². The van der Waals surface area contributed by atoms with Gasteiger partial charge < -0.3 is 14.6 Å². The van der Waals surface area contributed by atoms with Gasteiger partial charge >= 0.3 is 0 Å². The molecule has 1 aliphatic rings. The lowest BCUT2D eigenvalue weighted by atomic mass is 9.97. The number of aryl methyl sites for hydroxylation is 1. The predicted molar refractivity (Wildman–Crippen MR) is 117 cm³/mol. The van der Waals surface area contributed by atoms with Gasteiger partial charge in [-0.3, -0.25) is 0 Å². The molecular formula is C22H28N4O3S. The summed E-state index contributed by atoms with van der Waals surface area (Å²) in [4.78, 5) is 11.8. The Balaban J connectivity index is 1.82. The van der Waals surface area contributed by atoms with Gasteiger partial charge in [0, 0.05) is 53.4 Å². The van der Waals surface area contributed by atoms with E-state index < -0.39 is 15.9 Å². The minimum atomic E-state index is -3.26. The highest BCUT2D eigenvalue weighted by Gasteiger charge is 2.33. The van der Waals surface area contributed by atoms with Crippen molar-refractivity contribution in [3.8, 4) is 0 Å². The summed E-state index contributed by atoms with van der Waals surface area (Å²) in [6, 6.07) is 7.54. The molecule has 3 aromatic rings. The largest absolute Gasteiger partial charge is 0.389 e. The van der Waals surface area contributed by atoms with Crippen molar-refractivity contribution in [1.82, 2.24) is 14.5 Å². The van der Waals surface area contributed by atoms with E-state index >= 15 is 0 Å². The zero-order valence-electron chi connectivity index (χ0n) is 18.0. The minimum absolute atomic E-state index is 0.0598. The maximum absolute atomic E-state index is 12.0. The van der Waals surface area contributed by atoms with Crippen molar-refractivity contribution in [2.45, 2.75) is 51.3 Å². The van der Waals surface area contributed by atoms with Gasteiger partial charge in [0.25, 0.3) is 0 Å². The van der Waals surface area contributed by atoms with Crippen molar-refractivity contribution in [2.24, 2.45) is 5.92 Å². The lowest BCUT2D eigenvalue weighted by molar-refractivity contribution is 0.197. The van der Waals surface area contributed by atoms with Crippen LogP contribution in [0.1, 0.15) is 49.9 Å². The first kappa shape index (κ1) is 20.8. The van der Waals surface area contributed by atoms with Crippen LogP contribution in [0, 0.1) is 12.8 Å². The number of fused-ring (bicyclic) bond motifs is 3. The molecule has 1 aliphatic heterocycles. The number of rotatable bonds is 4. The van der Waals surface area contributed by atoms with Crippen LogP contribution >= 0.6 is 0 Å². The van der Waals surface area contributed by atoms with Crippen LogP contribution in [-0.4, -0.2) is 40.9 Å². The van der Waals surface area contributed by atoms with Crippen molar-refractivity contribution >= 4 is 26.7 Å². The molecule has 7 nitrogen and oxygen atoms in total. The molecule has 8 heteroatoms. The molecule has 2 aromatic heterocycles. The standard InChI is InChI=1S/C22H28N4O3S/c1-13(2)21-20-10-16-6-7-17(30(5,28)29)11-19(16)25(20)8-9-26(21)22-23-12-18(15(4)27)14(3)24-22/h6-7,10-13,15,21,27H,8-9H2,1-5H3/t15-,21-/m0/s1. The van der Waals surface area contributed by atoms with Gasteiger partial charge in [0.05, 0.1) is 17.0 Å². The Bertz CT molecular complexity index is 1210. The molecule has 30 heavy (non-hydrogen) atoms. The fraction of sp³-hybridized carbons (Fsp3) is 0.455. The van der Waals surface area contributed by atoms with Crippen LogP contribution in [0.3, 0.4) is 0 Å². The van der Waals surface area contributed by atoms with E-state index in [2.05, 4.69) is 34.4 Å². The van der Waals surface area contributed by atoms with Gasteiger partial charge in [-0.15, -0.1) is 0 Å². The number of sulfone groups is 1. The van der Waals surface area contributed by atoms with E-state index in [9.17, 15) is 13.5 Å². The molecule has 1 aromatic carbocycles. The Morgan fingerprint density at radius 2 is 1.90 bits per heavy atom. The third-order valence-corrected chi connectivity index (χ3v) is 6.99. The first-order valence-electron chi connectivity index (χ1n) is 10.2. The Hall–Kier alpha value is -2.45. The molecule has 4 rings (SSSR count). The van der Waals surface area contributed by atoms with Gasteiger partial charge in [0.15, 0.2) is 9.84 Å². The summed E-state index contributed by atoms with van der Waals surface area (Å²) in [5.74, 6) is 0.951. The van der Waals surface area contributed by atoms with Crippen LogP contribution in [0.25, 0.3) is 10.9 Å². The molecule has 0 radical (unpaired) electrons. The minimum Gasteiger partial charge on any atom is -0.389 e. The second kappa shape index (κ2) is 7.35. The summed E-state index contributed by atoms with van der Waals surface area (Å²) in [6.45, 7) is 9.39. The zero-order chi connectivity index (χ0) is 21.8. The smallest absolute Gasteiger partial charge is 0.226 e. The highest BCUT2D eigenvalue weighted by atomic mass is 32.2. The van der Waals surface area contributed by atoms with Crippen LogP contribution in [0.5, 0.6) is 0 Å². The average Bonchev–Trinajstić information content (AvgIpc) is 3.03. The molecule has 2 atom stereocenters. The summed E-state index contributed by atoms with van der Waals surface area (Å²) in [6.07, 6.45) is 2.35. The van der Waals surface area contributed by atoms with Crippen LogP contribution in [0.2, 0.25) is 0 Å². The summed E-state index contributed by atoms with van der Waals surface area (Å²) >= 11 is 0. The number of aliphatic hydroxyl groups is 1. The molecular weight excluding hydrogens is 400 g/mol. The van der Waals surface area contributed by atoms with Gasteiger partial charge in [-0.25, -0.2) is 18.4 Å². The molecule has 3 heterocycles. The van der Waals surface area contributed by atoms with Crippen molar-refractivity contribution in [3.05, 3.63) is 47.4 Å². The second-order valence-corrected chi connectivity index (χ2v) is 10.5. The van der Waals surface area contributed by atoms with E-state index in [0.717, 1.165) is 40.9 Å². The lowest BCUT2D eigenvalue weighted by Crippen LogP contribution is -2.41. The number of benzene rings is 1. The maximum atomic E-state index is 12.0. The zero-order valence-corrected chi connectivity index (χ0v) is 18.8. The van der Waals surface area contributed by atoms with E-state index in [-0.39, 0.29) is 6.04 Å². The second-order valence-electron chi connectivity index (χ2n) is 8.48. The molecule has 160 valence electrons. The van der Waals surface area contributed by atoms with Gasteiger partial charge in [-0.05, 0) is 38.0 Å². The van der Waals surface area contributed by atoms with E-state index in [4.69, 9.17) is 4.98 Å². The van der Waals surface area contributed by atoms with Gasteiger partial charge in [-0.2, -0.15) is 0 Å². The third kappa shape index (κ3) is 3.48. The molecule has 0 fully saturated rings. The lowest BCUT2D eigenvalue weighted by Gasteiger charge is -2.39. The van der Waals surface area contributed by atoms with E-state index in [1.54, 1.807) is 25.3 Å². The Kier molecular flexibility index (Phi) is 5.10. The SMILES string of the molecule is Cc1nc(N2CCn3c(cc4ccc(S(C)(=O)=O)cc43)[C@@H]2C(C)C)ncc1[C@H](C)O. The number of hydrogen-bond acceptors (Lipinski definition) is 6. The Morgan fingerprint density at radius 1 is 1.17 bits per heavy atom. The number of anilines is 1. The molecule has 0 aliphatic carbocycles. The summed E-state index contributed by atoms with van der Waals surface area (Å²) in [5, 5.41) is 10.9. The topological polar surface area (TPSA) is 88.3 Å². The number of hydrogen-bond donors (Lipinski definition) is 1. The number of aromatic nitrogens is 3. The molecule has 0 amide bonds. The van der Waals surface area contributed by atoms with Crippen molar-refractivity contribution in [1.29, 1.82) is 0 Å². The quantitative estimate of drug-likeness (QED) is 0.685. The summed E-state index contributed by atoms with van der Waals surface area (Å²) < 4.78 is 26.3. The van der Waals surface area contributed by atoms with Crippen LogP contribution in [-0.2, 0) is 16.4 Å². The third-order valence-electron chi connectivity index (χ3n) is 5.88. The van der Waals surface area contributed by atoms with Crippen LogP contribution < -0.4 is 4.90 Å². The average molecular weight is 429 g/mol. The van der Waals surface area contributed by atoms with Crippen LogP contribution in [0.15, 0.2) is 35.4 Å². The molecule has 0 saturated carbocycles. The summed E-state index contributed by atoms with van der Waals surface area (Å²) in [5.41, 5.74) is 3.60. The van der Waals surface area contributed by atoms with Gasteiger partial charge in [-0.1, -0.05) is 19.9 Å². The number of aliphatic hydroxyl groups excluding tert-OH is 1. The predicted octanol–water partition coefficient (Wildman–Crippen LogP) is 3.41. The Morgan fingerprint density at radius 3 is 2.50 bits per heavy atom. The molecule has 0 saturated heterocycles. The van der Waals surface area contributed by atoms with E-state index in [1.807, 2.05) is 13.0 Å². The van der Waals surface area contributed by atoms with Crippen LogP contribution in [0.4, 0.5) is 5.95 Å². The summed E-state index contributed by atoms with van der Waals surface area (Å²) in [7, 11) is -3.26. The number of nitrogens with zero attached hydrogens (tertiary/aromatic N) is 4. The highest BCUT2D eigenvalue weighted by molar-refractivity contribution is 7.90. The van der Waals surface area contributed by atoms with E-state index in [1.165, 1.54) is 6.26 Å². The highest BCUT2D eigenvalue weighted by Crippen LogP contribution is 2.38. The van der Waals surface area contributed by atoms with E-state index in [0.29, 0.717) is 16.8 Å². The molecule has 1 N–H and O–H groups in total. The molecule has 0 unspecified atom stereocenters. The fourth-order valence-electron chi connectivity index (χ4n) is 4.43. The Labute approximate surface area is 177 Å². The van der Waals surface area contributed by atoms with Crippen molar-refractivity contribution < 1.29 is 13.5 Å². The first-order chi connectivity index (χ1) is 14.1. The van der Waals surface area contributed by atoms with Crippen molar-refractivity contribution in [3.63, 3.8) is 0 Å². The maximum Gasteiger partial charge on any atom is 0.226 e. The molecule has 0 bridgehead atoms. The normalized spacial score (nSPS) is 18.1.